The van der Waals surface area contributed by atoms with Crippen LogP contribution in [0.25, 0.3) is 0 Å². The summed E-state index contributed by atoms with van der Waals surface area (Å²) in [5.41, 5.74) is 3.47. The van der Waals surface area contributed by atoms with Crippen molar-refractivity contribution in [3.63, 3.8) is 0 Å². The average Bonchev–Trinajstić information content (AvgIpc) is 2.66. The summed E-state index contributed by atoms with van der Waals surface area (Å²) in [5.74, 6) is 0.474. The van der Waals surface area contributed by atoms with Crippen LogP contribution in [-0.4, -0.2) is 38.6 Å². The lowest BCUT2D eigenvalue weighted by Crippen LogP contribution is -2.34. The van der Waals surface area contributed by atoms with Gasteiger partial charge in [-0.25, -0.2) is 8.42 Å². The van der Waals surface area contributed by atoms with E-state index in [1.54, 1.807) is 24.3 Å². The summed E-state index contributed by atoms with van der Waals surface area (Å²) in [6.45, 7) is 5.90. The van der Waals surface area contributed by atoms with Crippen LogP contribution in [0.2, 0.25) is 0 Å². The third-order valence-corrected chi connectivity index (χ3v) is 6.17. The van der Waals surface area contributed by atoms with Crippen LogP contribution in [0, 0.1) is 5.92 Å². The first-order valence-corrected chi connectivity index (χ1v) is 12.2. The van der Waals surface area contributed by atoms with Crippen molar-refractivity contribution in [2.45, 2.75) is 38.6 Å². The molecule has 29 heavy (non-hydrogen) atoms. The number of rotatable bonds is 7. The molecule has 1 amide bonds. The Kier molecular flexibility index (Phi) is 7.09. The molecule has 5 nitrogen and oxygen atoms in total. The standard InChI is InChI=1S/C23H30N2O3S/c1-18-7-6-12-25(15-18)16-22-10-4-3-9-21(22)14-24-23(26)20-11-5-8-19(13-20)17-29(2,27)28/h3-5,8-11,13,18H,6-7,12,14-17H2,1-2H3,(H,24,26). The fraction of sp³-hybridized carbons (Fsp3) is 0.435. The normalized spacial score (nSPS) is 17.8. The molecule has 0 saturated carbocycles. The molecule has 1 N–H and O–H groups in total. The highest BCUT2D eigenvalue weighted by atomic mass is 32.2. The predicted octanol–water partition coefficient (Wildman–Crippen LogP) is 3.39. The third-order valence-electron chi connectivity index (χ3n) is 5.31. The van der Waals surface area contributed by atoms with Gasteiger partial charge in [0, 0.05) is 31.5 Å². The molecule has 0 bridgehead atoms. The molecule has 1 aliphatic rings. The van der Waals surface area contributed by atoms with Gasteiger partial charge in [-0.1, -0.05) is 43.3 Å². The number of nitrogens with zero attached hydrogens (tertiary/aromatic N) is 1. The van der Waals surface area contributed by atoms with Crippen LogP contribution in [0.4, 0.5) is 0 Å². The van der Waals surface area contributed by atoms with E-state index in [2.05, 4.69) is 29.3 Å². The lowest BCUT2D eigenvalue weighted by molar-refractivity contribution is 0.0950. The number of carbonyl (C=O) groups excluding carboxylic acids is 1. The maximum Gasteiger partial charge on any atom is 0.251 e. The first-order valence-electron chi connectivity index (χ1n) is 10.1. The molecule has 1 fully saturated rings. The van der Waals surface area contributed by atoms with Crippen LogP contribution in [0.5, 0.6) is 0 Å². The van der Waals surface area contributed by atoms with Gasteiger partial charge in [0.05, 0.1) is 5.75 Å². The summed E-state index contributed by atoms with van der Waals surface area (Å²) in [4.78, 5) is 15.1. The molecule has 1 unspecified atom stereocenters. The van der Waals surface area contributed by atoms with Crippen molar-refractivity contribution in [1.82, 2.24) is 10.2 Å². The highest BCUT2D eigenvalue weighted by Gasteiger charge is 2.17. The maximum atomic E-state index is 12.6. The number of sulfone groups is 1. The summed E-state index contributed by atoms with van der Waals surface area (Å²) < 4.78 is 23.0. The van der Waals surface area contributed by atoms with E-state index in [0.717, 1.165) is 31.1 Å². The van der Waals surface area contributed by atoms with E-state index >= 15 is 0 Å². The zero-order valence-corrected chi connectivity index (χ0v) is 18.0. The van der Waals surface area contributed by atoms with Gasteiger partial charge in [0.15, 0.2) is 9.84 Å². The number of carbonyl (C=O) groups is 1. The van der Waals surface area contributed by atoms with Gasteiger partial charge in [-0.3, -0.25) is 9.69 Å². The van der Waals surface area contributed by atoms with E-state index < -0.39 is 9.84 Å². The molecule has 0 radical (unpaired) electrons. The molecule has 0 aliphatic carbocycles. The quantitative estimate of drug-likeness (QED) is 0.754. The molecule has 1 aliphatic heterocycles. The van der Waals surface area contributed by atoms with E-state index in [1.165, 1.54) is 24.7 Å². The Hall–Kier alpha value is -2.18. The van der Waals surface area contributed by atoms with Crippen molar-refractivity contribution in [2.24, 2.45) is 5.92 Å². The second kappa shape index (κ2) is 9.55. The largest absolute Gasteiger partial charge is 0.348 e. The minimum atomic E-state index is -3.14. The third kappa shape index (κ3) is 6.68. The van der Waals surface area contributed by atoms with Crippen molar-refractivity contribution in [1.29, 1.82) is 0 Å². The highest BCUT2D eigenvalue weighted by molar-refractivity contribution is 7.89. The van der Waals surface area contributed by atoms with Crippen molar-refractivity contribution in [2.75, 3.05) is 19.3 Å². The fourth-order valence-electron chi connectivity index (χ4n) is 3.94. The van der Waals surface area contributed by atoms with Crippen LogP contribution in [-0.2, 0) is 28.7 Å². The topological polar surface area (TPSA) is 66.5 Å². The number of hydrogen-bond donors (Lipinski definition) is 1. The Labute approximate surface area is 174 Å². The summed E-state index contributed by atoms with van der Waals surface area (Å²) in [6.07, 6.45) is 3.73. The molecule has 6 heteroatoms. The average molecular weight is 415 g/mol. The summed E-state index contributed by atoms with van der Waals surface area (Å²) in [7, 11) is -3.14. The van der Waals surface area contributed by atoms with Gasteiger partial charge in [-0.15, -0.1) is 0 Å². The summed E-state index contributed by atoms with van der Waals surface area (Å²) >= 11 is 0. The molecule has 2 aromatic carbocycles. The summed E-state index contributed by atoms with van der Waals surface area (Å²) in [6, 6.07) is 15.0. The predicted molar refractivity (Wildman–Crippen MR) is 116 cm³/mol. The van der Waals surface area contributed by atoms with Crippen molar-refractivity contribution >= 4 is 15.7 Å². The van der Waals surface area contributed by atoms with Crippen molar-refractivity contribution < 1.29 is 13.2 Å². The molecule has 0 aromatic heterocycles. The van der Waals surface area contributed by atoms with E-state index in [1.807, 2.05) is 12.1 Å². The number of hydrogen-bond acceptors (Lipinski definition) is 4. The van der Waals surface area contributed by atoms with Gasteiger partial charge >= 0.3 is 0 Å². The maximum absolute atomic E-state index is 12.6. The summed E-state index contributed by atoms with van der Waals surface area (Å²) in [5, 5.41) is 2.98. The van der Waals surface area contributed by atoms with Crippen LogP contribution in [0.1, 0.15) is 46.8 Å². The second-order valence-electron chi connectivity index (χ2n) is 8.20. The minimum absolute atomic E-state index is 0.0643. The lowest BCUT2D eigenvalue weighted by atomic mass is 9.99. The molecule has 1 saturated heterocycles. The van der Waals surface area contributed by atoms with Gasteiger partial charge < -0.3 is 5.32 Å². The van der Waals surface area contributed by atoms with Crippen LogP contribution < -0.4 is 5.32 Å². The Morgan fingerprint density at radius 1 is 1.14 bits per heavy atom. The molecular formula is C23H30N2O3S. The van der Waals surface area contributed by atoms with Gasteiger partial charge in [-0.2, -0.15) is 0 Å². The Morgan fingerprint density at radius 3 is 2.62 bits per heavy atom. The molecule has 1 atom stereocenters. The van der Waals surface area contributed by atoms with Gasteiger partial charge in [-0.05, 0) is 54.1 Å². The zero-order chi connectivity index (χ0) is 20.9. The molecular weight excluding hydrogens is 384 g/mol. The molecule has 1 heterocycles. The number of piperidine rings is 1. The SMILES string of the molecule is CC1CCCN(Cc2ccccc2CNC(=O)c2cccc(CS(C)(=O)=O)c2)C1. The fourth-order valence-corrected chi connectivity index (χ4v) is 4.72. The van der Waals surface area contributed by atoms with Crippen LogP contribution in [0.15, 0.2) is 48.5 Å². The first kappa shape index (κ1) is 21.5. The molecule has 2 aromatic rings. The monoisotopic (exact) mass is 414 g/mol. The number of nitrogens with one attached hydrogen (secondary N) is 1. The van der Waals surface area contributed by atoms with Gasteiger partial charge in [0.1, 0.15) is 0 Å². The second-order valence-corrected chi connectivity index (χ2v) is 10.3. The lowest BCUT2D eigenvalue weighted by Gasteiger charge is -2.31. The Balaban J connectivity index is 1.64. The van der Waals surface area contributed by atoms with E-state index in [-0.39, 0.29) is 11.7 Å². The van der Waals surface area contributed by atoms with E-state index in [4.69, 9.17) is 0 Å². The van der Waals surface area contributed by atoms with Crippen molar-refractivity contribution in [3.05, 3.63) is 70.8 Å². The Morgan fingerprint density at radius 2 is 1.90 bits per heavy atom. The number of likely N-dealkylation sites (tertiary alicyclic amines) is 1. The van der Waals surface area contributed by atoms with E-state index in [9.17, 15) is 13.2 Å². The first-order chi connectivity index (χ1) is 13.8. The number of amides is 1. The zero-order valence-electron chi connectivity index (χ0n) is 17.2. The highest BCUT2D eigenvalue weighted by Crippen LogP contribution is 2.19. The molecule has 3 rings (SSSR count). The Bertz CT molecular complexity index is 956. The number of benzene rings is 2. The minimum Gasteiger partial charge on any atom is -0.348 e. The molecule has 0 spiro atoms. The smallest absolute Gasteiger partial charge is 0.251 e. The van der Waals surface area contributed by atoms with Crippen molar-refractivity contribution in [3.8, 4) is 0 Å². The molecule has 156 valence electrons. The van der Waals surface area contributed by atoms with Crippen LogP contribution in [0.3, 0.4) is 0 Å². The van der Waals surface area contributed by atoms with E-state index in [0.29, 0.717) is 17.7 Å². The van der Waals surface area contributed by atoms with Gasteiger partial charge in [0.2, 0.25) is 0 Å². The van der Waals surface area contributed by atoms with Crippen LogP contribution >= 0.6 is 0 Å². The van der Waals surface area contributed by atoms with Gasteiger partial charge in [0.25, 0.3) is 5.91 Å².